The number of carbonyl (C=O) groups excluding carboxylic acids is 1. The average molecular weight is 211 g/mol. The highest BCUT2D eigenvalue weighted by atomic mass is 32.1. The Balaban J connectivity index is 2.42. The fourth-order valence-corrected chi connectivity index (χ4v) is 1.58. The van der Waals surface area contributed by atoms with Crippen molar-refractivity contribution in [3.8, 4) is 11.8 Å². The minimum atomic E-state index is -0.464. The zero-order chi connectivity index (χ0) is 10.4. The minimum Gasteiger partial charge on any atom is -0.350 e. The van der Waals surface area contributed by atoms with E-state index in [0.29, 0.717) is 13.0 Å². The third-order valence-electron chi connectivity index (χ3n) is 1.54. The van der Waals surface area contributed by atoms with E-state index < -0.39 is 5.82 Å². The van der Waals surface area contributed by atoms with Crippen LogP contribution in [-0.2, 0) is 0 Å². The predicted octanol–water partition coefficient (Wildman–Crippen LogP) is 2.03. The third-order valence-corrected chi connectivity index (χ3v) is 2.42. The van der Waals surface area contributed by atoms with Gasteiger partial charge in [-0.1, -0.05) is 0 Å². The van der Waals surface area contributed by atoms with Crippen LogP contribution in [0.1, 0.15) is 23.0 Å². The summed E-state index contributed by atoms with van der Waals surface area (Å²) in [5.74, 6) is 4.69. The van der Waals surface area contributed by atoms with Crippen LogP contribution in [0.3, 0.4) is 0 Å². The van der Waals surface area contributed by atoms with Crippen molar-refractivity contribution in [1.82, 2.24) is 5.32 Å². The summed E-state index contributed by atoms with van der Waals surface area (Å²) in [6.07, 6.45) is 0.592. The molecule has 74 valence electrons. The third kappa shape index (κ3) is 2.86. The Hall–Kier alpha value is -1.34. The van der Waals surface area contributed by atoms with Gasteiger partial charge in [0.25, 0.3) is 5.91 Å². The normalized spacial score (nSPS) is 9.00. The van der Waals surface area contributed by atoms with Crippen LogP contribution >= 0.6 is 11.3 Å². The number of hydrogen-bond donors (Lipinski definition) is 1. The van der Waals surface area contributed by atoms with Crippen molar-refractivity contribution in [2.75, 3.05) is 6.54 Å². The Morgan fingerprint density at radius 2 is 2.50 bits per heavy atom. The SMILES string of the molecule is CC#CCCNC(=O)c1sccc1F. The molecule has 0 spiro atoms. The lowest BCUT2D eigenvalue weighted by Gasteiger charge is -1.99. The van der Waals surface area contributed by atoms with Crippen LogP contribution in [0.2, 0.25) is 0 Å². The highest BCUT2D eigenvalue weighted by molar-refractivity contribution is 7.12. The van der Waals surface area contributed by atoms with Gasteiger partial charge in [-0.15, -0.1) is 23.2 Å². The van der Waals surface area contributed by atoms with Crippen molar-refractivity contribution in [2.24, 2.45) is 0 Å². The molecular formula is C10H10FNOS. The number of halogens is 1. The van der Waals surface area contributed by atoms with E-state index in [-0.39, 0.29) is 10.8 Å². The van der Waals surface area contributed by atoms with Crippen molar-refractivity contribution in [1.29, 1.82) is 0 Å². The van der Waals surface area contributed by atoms with E-state index in [0.717, 1.165) is 11.3 Å². The van der Waals surface area contributed by atoms with Crippen LogP contribution in [0.4, 0.5) is 4.39 Å². The van der Waals surface area contributed by atoms with Gasteiger partial charge in [-0.2, -0.15) is 0 Å². The first-order chi connectivity index (χ1) is 6.75. The van der Waals surface area contributed by atoms with Gasteiger partial charge < -0.3 is 5.32 Å². The Morgan fingerprint density at radius 1 is 1.71 bits per heavy atom. The van der Waals surface area contributed by atoms with Crippen LogP contribution in [-0.4, -0.2) is 12.5 Å². The number of thiophene rings is 1. The second kappa shape index (κ2) is 5.40. The summed E-state index contributed by atoms with van der Waals surface area (Å²) in [7, 11) is 0. The van der Waals surface area contributed by atoms with E-state index in [1.807, 2.05) is 0 Å². The molecule has 0 saturated carbocycles. The van der Waals surface area contributed by atoms with E-state index in [4.69, 9.17) is 0 Å². The Kier molecular flexibility index (Phi) is 4.14. The van der Waals surface area contributed by atoms with Crippen LogP contribution in [0, 0.1) is 17.7 Å². The van der Waals surface area contributed by atoms with Gasteiger partial charge in [-0.25, -0.2) is 4.39 Å². The lowest BCUT2D eigenvalue weighted by Crippen LogP contribution is -2.23. The fourth-order valence-electron chi connectivity index (χ4n) is 0.900. The molecule has 0 aliphatic rings. The highest BCUT2D eigenvalue weighted by Gasteiger charge is 2.11. The first kappa shape index (κ1) is 10.7. The summed E-state index contributed by atoms with van der Waals surface area (Å²) in [5.41, 5.74) is 0. The first-order valence-corrected chi connectivity index (χ1v) is 5.04. The van der Waals surface area contributed by atoms with Crippen molar-refractivity contribution in [3.05, 3.63) is 22.1 Å². The van der Waals surface area contributed by atoms with Gasteiger partial charge in [-0.3, -0.25) is 4.79 Å². The summed E-state index contributed by atoms with van der Waals surface area (Å²) in [4.78, 5) is 11.4. The lowest BCUT2D eigenvalue weighted by molar-refractivity contribution is 0.0955. The molecule has 0 atom stereocenters. The number of nitrogens with one attached hydrogen (secondary N) is 1. The van der Waals surface area contributed by atoms with Gasteiger partial charge >= 0.3 is 0 Å². The average Bonchev–Trinajstić information content (AvgIpc) is 2.59. The van der Waals surface area contributed by atoms with Crippen LogP contribution in [0.15, 0.2) is 11.4 Å². The molecule has 0 saturated heterocycles. The smallest absolute Gasteiger partial charge is 0.264 e. The van der Waals surface area contributed by atoms with Gasteiger partial charge in [0.15, 0.2) is 0 Å². The summed E-state index contributed by atoms with van der Waals surface area (Å²) >= 11 is 1.10. The van der Waals surface area contributed by atoms with Crippen LogP contribution < -0.4 is 5.32 Å². The second-order valence-electron chi connectivity index (χ2n) is 2.53. The van der Waals surface area contributed by atoms with Gasteiger partial charge in [0.2, 0.25) is 0 Å². The van der Waals surface area contributed by atoms with E-state index in [9.17, 15) is 9.18 Å². The van der Waals surface area contributed by atoms with E-state index in [2.05, 4.69) is 17.2 Å². The van der Waals surface area contributed by atoms with E-state index >= 15 is 0 Å². The maximum absolute atomic E-state index is 12.9. The van der Waals surface area contributed by atoms with Gasteiger partial charge in [0, 0.05) is 13.0 Å². The molecule has 1 N–H and O–H groups in total. The quantitative estimate of drug-likeness (QED) is 0.601. The number of hydrogen-bond acceptors (Lipinski definition) is 2. The van der Waals surface area contributed by atoms with Gasteiger partial charge in [0.05, 0.1) is 0 Å². The first-order valence-electron chi connectivity index (χ1n) is 4.16. The summed E-state index contributed by atoms with van der Waals surface area (Å²) in [5, 5.41) is 4.14. The molecule has 0 radical (unpaired) electrons. The molecule has 1 heterocycles. The lowest BCUT2D eigenvalue weighted by atomic mass is 10.4. The number of rotatable bonds is 3. The molecule has 14 heavy (non-hydrogen) atoms. The molecule has 1 aromatic rings. The van der Waals surface area contributed by atoms with Crippen LogP contribution in [0.25, 0.3) is 0 Å². The minimum absolute atomic E-state index is 0.134. The van der Waals surface area contributed by atoms with Gasteiger partial charge in [-0.05, 0) is 18.4 Å². The maximum Gasteiger partial charge on any atom is 0.264 e. The fraction of sp³-hybridized carbons (Fsp3) is 0.300. The molecule has 4 heteroatoms. The topological polar surface area (TPSA) is 29.1 Å². The zero-order valence-electron chi connectivity index (χ0n) is 7.76. The van der Waals surface area contributed by atoms with E-state index in [1.54, 1.807) is 12.3 Å². The molecule has 1 aromatic heterocycles. The summed E-state index contributed by atoms with van der Waals surface area (Å²) < 4.78 is 12.9. The number of carbonyl (C=O) groups is 1. The molecular weight excluding hydrogens is 201 g/mol. The molecule has 0 aliphatic carbocycles. The van der Waals surface area contributed by atoms with Crippen molar-refractivity contribution >= 4 is 17.2 Å². The number of amides is 1. The molecule has 0 aliphatic heterocycles. The van der Waals surface area contributed by atoms with Gasteiger partial charge in [0.1, 0.15) is 10.7 Å². The summed E-state index contributed by atoms with van der Waals surface area (Å²) in [6.45, 7) is 2.19. The van der Waals surface area contributed by atoms with Crippen LogP contribution in [0.5, 0.6) is 0 Å². The highest BCUT2D eigenvalue weighted by Crippen LogP contribution is 2.13. The zero-order valence-corrected chi connectivity index (χ0v) is 8.58. The summed E-state index contributed by atoms with van der Waals surface area (Å²) in [6, 6.07) is 1.28. The molecule has 0 bridgehead atoms. The monoisotopic (exact) mass is 211 g/mol. The van der Waals surface area contributed by atoms with E-state index in [1.165, 1.54) is 6.07 Å². The Bertz CT molecular complexity index is 375. The second-order valence-corrected chi connectivity index (χ2v) is 3.45. The Labute approximate surface area is 86.1 Å². The van der Waals surface area contributed by atoms with Crippen molar-refractivity contribution in [3.63, 3.8) is 0 Å². The molecule has 2 nitrogen and oxygen atoms in total. The molecule has 0 aromatic carbocycles. The largest absolute Gasteiger partial charge is 0.350 e. The Morgan fingerprint density at radius 3 is 3.07 bits per heavy atom. The molecule has 1 amide bonds. The van der Waals surface area contributed by atoms with Crippen molar-refractivity contribution < 1.29 is 9.18 Å². The van der Waals surface area contributed by atoms with Crippen molar-refractivity contribution in [2.45, 2.75) is 13.3 Å². The maximum atomic E-state index is 12.9. The predicted molar refractivity (Wildman–Crippen MR) is 54.7 cm³/mol. The molecule has 1 rings (SSSR count). The molecule has 0 unspecified atom stereocenters. The standard InChI is InChI=1S/C10H10FNOS/c1-2-3-4-6-12-10(13)9-8(11)5-7-14-9/h5,7H,4,6H2,1H3,(H,12,13). The molecule has 0 fully saturated rings.